The van der Waals surface area contributed by atoms with Crippen molar-refractivity contribution in [3.63, 3.8) is 0 Å². The van der Waals surface area contributed by atoms with Crippen molar-refractivity contribution >= 4 is 11.4 Å². The van der Waals surface area contributed by atoms with Gasteiger partial charge in [-0.15, -0.1) is 0 Å². The molecule has 1 heterocycles. The third-order valence-electron chi connectivity index (χ3n) is 3.15. The Morgan fingerprint density at radius 1 is 1.39 bits per heavy atom. The van der Waals surface area contributed by atoms with Crippen molar-refractivity contribution in [2.75, 3.05) is 44.2 Å². The van der Waals surface area contributed by atoms with Gasteiger partial charge in [0.15, 0.2) is 0 Å². The summed E-state index contributed by atoms with van der Waals surface area (Å²) in [6, 6.07) is 7.58. The van der Waals surface area contributed by atoms with Gasteiger partial charge >= 0.3 is 0 Å². The lowest BCUT2D eigenvalue weighted by Crippen LogP contribution is -2.47. The summed E-state index contributed by atoms with van der Waals surface area (Å²) < 4.78 is 0. The lowest BCUT2D eigenvalue weighted by atomic mass is 10.2. The van der Waals surface area contributed by atoms with Gasteiger partial charge in [-0.3, -0.25) is 15.0 Å². The van der Waals surface area contributed by atoms with Crippen LogP contribution in [0.4, 0.5) is 11.4 Å². The smallest absolute Gasteiger partial charge is 0.293 e. The maximum absolute atomic E-state index is 10.9. The molecule has 6 nitrogen and oxygen atoms in total. The SMILES string of the molecule is O=[N+]([O-])c1c[c]ccc1N1CCN(CCO)CC1. The number of nitro benzene ring substituents is 1. The van der Waals surface area contributed by atoms with Crippen LogP contribution < -0.4 is 4.90 Å². The summed E-state index contributed by atoms with van der Waals surface area (Å²) in [7, 11) is 0. The molecule has 1 N–H and O–H groups in total. The second-order valence-corrected chi connectivity index (χ2v) is 4.22. The fourth-order valence-electron chi connectivity index (χ4n) is 2.18. The van der Waals surface area contributed by atoms with Crippen LogP contribution in [0.2, 0.25) is 0 Å². The highest BCUT2D eigenvalue weighted by Crippen LogP contribution is 2.27. The van der Waals surface area contributed by atoms with E-state index in [1.165, 1.54) is 6.07 Å². The molecule has 97 valence electrons. The van der Waals surface area contributed by atoms with E-state index in [2.05, 4.69) is 11.0 Å². The van der Waals surface area contributed by atoms with Gasteiger partial charge in [-0.25, -0.2) is 0 Å². The number of anilines is 1. The number of nitrogens with zero attached hydrogens (tertiary/aromatic N) is 3. The molecule has 0 unspecified atom stereocenters. The number of hydrogen-bond donors (Lipinski definition) is 1. The van der Waals surface area contributed by atoms with Crippen LogP contribution in [0.1, 0.15) is 0 Å². The summed E-state index contributed by atoms with van der Waals surface area (Å²) in [5, 5.41) is 19.8. The van der Waals surface area contributed by atoms with Gasteiger partial charge in [0.25, 0.3) is 5.69 Å². The van der Waals surface area contributed by atoms with Crippen molar-refractivity contribution in [3.8, 4) is 0 Å². The Morgan fingerprint density at radius 3 is 2.72 bits per heavy atom. The molecule has 1 aromatic rings. The van der Waals surface area contributed by atoms with Gasteiger partial charge in [0.2, 0.25) is 0 Å². The molecule has 1 aromatic carbocycles. The van der Waals surface area contributed by atoms with Crippen LogP contribution in [0.5, 0.6) is 0 Å². The Hall–Kier alpha value is -1.66. The van der Waals surface area contributed by atoms with Gasteiger partial charge in [-0.1, -0.05) is 6.07 Å². The van der Waals surface area contributed by atoms with Crippen LogP contribution in [0.15, 0.2) is 18.2 Å². The number of benzene rings is 1. The van der Waals surface area contributed by atoms with E-state index in [9.17, 15) is 10.1 Å². The standard InChI is InChI=1S/C12H16N3O3/c16-10-9-13-5-7-14(8-6-13)11-3-1-2-4-12(11)15(17)18/h1,3-4,16H,5-10H2. The zero-order valence-electron chi connectivity index (χ0n) is 10.1. The molecule has 0 aromatic heterocycles. The average Bonchev–Trinajstić information content (AvgIpc) is 2.40. The van der Waals surface area contributed by atoms with E-state index in [0.717, 1.165) is 26.2 Å². The molecular formula is C12H16N3O3. The molecule has 1 radical (unpaired) electrons. The maximum Gasteiger partial charge on any atom is 0.293 e. The zero-order valence-corrected chi connectivity index (χ0v) is 10.1. The monoisotopic (exact) mass is 250 g/mol. The highest BCUT2D eigenvalue weighted by Gasteiger charge is 2.22. The summed E-state index contributed by atoms with van der Waals surface area (Å²) in [6.07, 6.45) is 0. The molecule has 1 aliphatic heterocycles. The first-order chi connectivity index (χ1) is 8.72. The second-order valence-electron chi connectivity index (χ2n) is 4.22. The van der Waals surface area contributed by atoms with E-state index in [1.54, 1.807) is 12.1 Å². The second kappa shape index (κ2) is 5.79. The molecule has 0 saturated carbocycles. The van der Waals surface area contributed by atoms with Crippen LogP contribution in [0.3, 0.4) is 0 Å². The number of hydrogen-bond acceptors (Lipinski definition) is 5. The molecule has 1 fully saturated rings. The van der Waals surface area contributed by atoms with E-state index >= 15 is 0 Å². The molecule has 0 spiro atoms. The maximum atomic E-state index is 10.9. The Kier molecular flexibility index (Phi) is 4.11. The summed E-state index contributed by atoms with van der Waals surface area (Å²) in [6.45, 7) is 3.93. The van der Waals surface area contributed by atoms with Crippen LogP contribution in [0, 0.1) is 16.2 Å². The lowest BCUT2D eigenvalue weighted by molar-refractivity contribution is -0.384. The van der Waals surface area contributed by atoms with E-state index < -0.39 is 0 Å². The van der Waals surface area contributed by atoms with Crippen molar-refractivity contribution < 1.29 is 10.0 Å². The summed E-state index contributed by atoms with van der Waals surface area (Å²) in [4.78, 5) is 14.7. The minimum atomic E-state index is -0.369. The molecule has 6 heteroatoms. The van der Waals surface area contributed by atoms with E-state index in [0.29, 0.717) is 12.2 Å². The Balaban J connectivity index is 2.07. The van der Waals surface area contributed by atoms with Gasteiger partial charge in [0.05, 0.1) is 11.5 Å². The predicted octanol–water partition coefficient (Wildman–Crippen LogP) is 0.509. The van der Waals surface area contributed by atoms with E-state index in [1.807, 2.05) is 4.90 Å². The Bertz CT molecular complexity index is 417. The van der Waals surface area contributed by atoms with Crippen LogP contribution in [-0.2, 0) is 0 Å². The molecule has 1 saturated heterocycles. The predicted molar refractivity (Wildman–Crippen MR) is 67.7 cm³/mol. The number of nitro groups is 1. The molecule has 0 atom stereocenters. The van der Waals surface area contributed by atoms with Crippen LogP contribution >= 0.6 is 0 Å². The third kappa shape index (κ3) is 2.77. The molecule has 2 rings (SSSR count). The minimum Gasteiger partial charge on any atom is -0.395 e. The topological polar surface area (TPSA) is 69.9 Å². The fraction of sp³-hybridized carbons (Fsp3) is 0.500. The number of piperazine rings is 1. The van der Waals surface area contributed by atoms with Crippen molar-refractivity contribution in [2.24, 2.45) is 0 Å². The van der Waals surface area contributed by atoms with Gasteiger partial charge in [-0.05, 0) is 12.1 Å². The number of β-amino-alcohol motifs (C(OH)–C–C–N with tert-alkyl or cyclic N) is 1. The van der Waals surface area contributed by atoms with Gasteiger partial charge in [-0.2, -0.15) is 0 Å². The quantitative estimate of drug-likeness (QED) is 0.623. The largest absolute Gasteiger partial charge is 0.395 e. The first-order valence-corrected chi connectivity index (χ1v) is 5.95. The Labute approximate surface area is 106 Å². The molecule has 1 aliphatic rings. The number of rotatable bonds is 4. The van der Waals surface area contributed by atoms with Crippen molar-refractivity contribution in [1.82, 2.24) is 4.90 Å². The zero-order chi connectivity index (χ0) is 13.0. The number of aliphatic hydroxyl groups excluding tert-OH is 1. The minimum absolute atomic E-state index is 0.105. The van der Waals surface area contributed by atoms with Gasteiger partial charge in [0.1, 0.15) is 5.69 Å². The van der Waals surface area contributed by atoms with Crippen molar-refractivity contribution in [2.45, 2.75) is 0 Å². The molecule has 18 heavy (non-hydrogen) atoms. The highest BCUT2D eigenvalue weighted by molar-refractivity contribution is 5.63. The van der Waals surface area contributed by atoms with Crippen molar-refractivity contribution in [3.05, 3.63) is 34.4 Å². The third-order valence-corrected chi connectivity index (χ3v) is 3.15. The number of aliphatic hydroxyl groups is 1. The summed E-state index contributed by atoms with van der Waals surface area (Å²) >= 11 is 0. The van der Waals surface area contributed by atoms with E-state index in [-0.39, 0.29) is 17.2 Å². The lowest BCUT2D eigenvalue weighted by Gasteiger charge is -2.35. The average molecular weight is 250 g/mol. The van der Waals surface area contributed by atoms with Crippen molar-refractivity contribution in [1.29, 1.82) is 0 Å². The Morgan fingerprint density at radius 2 is 2.11 bits per heavy atom. The van der Waals surface area contributed by atoms with E-state index in [4.69, 9.17) is 5.11 Å². The van der Waals surface area contributed by atoms with Gasteiger partial charge < -0.3 is 10.0 Å². The first kappa shape index (κ1) is 12.8. The van der Waals surface area contributed by atoms with Crippen LogP contribution in [0.25, 0.3) is 0 Å². The highest BCUT2D eigenvalue weighted by atomic mass is 16.6. The molecule has 0 aliphatic carbocycles. The molecule has 0 amide bonds. The molecule has 0 bridgehead atoms. The van der Waals surface area contributed by atoms with Gasteiger partial charge in [0, 0.05) is 38.8 Å². The fourth-order valence-corrected chi connectivity index (χ4v) is 2.18. The molecular weight excluding hydrogens is 234 g/mol. The summed E-state index contributed by atoms with van der Waals surface area (Å²) in [5.74, 6) is 0. The summed E-state index contributed by atoms with van der Waals surface area (Å²) in [5.41, 5.74) is 0.760. The first-order valence-electron chi connectivity index (χ1n) is 5.95. The van der Waals surface area contributed by atoms with Crippen LogP contribution in [-0.4, -0.2) is 54.3 Å². The normalized spacial score (nSPS) is 16.8.